The Morgan fingerprint density at radius 3 is 2.57 bits per heavy atom. The van der Waals surface area contributed by atoms with Crippen LogP contribution in [0.4, 0.5) is 5.13 Å². The summed E-state index contributed by atoms with van der Waals surface area (Å²) in [5.74, 6) is 0.544. The number of rotatable bonds is 6. The lowest BCUT2D eigenvalue weighted by atomic mass is 10.2. The van der Waals surface area contributed by atoms with E-state index >= 15 is 0 Å². The van der Waals surface area contributed by atoms with Crippen molar-refractivity contribution in [2.45, 2.75) is 20.0 Å². The van der Waals surface area contributed by atoms with Crippen LogP contribution in [0.3, 0.4) is 0 Å². The highest BCUT2D eigenvalue weighted by atomic mass is 35.5. The highest BCUT2D eigenvalue weighted by Gasteiger charge is 2.07. The zero-order valence-electron chi connectivity index (χ0n) is 15.3. The molecule has 7 heteroatoms. The summed E-state index contributed by atoms with van der Waals surface area (Å²) in [5, 5.41) is 6.11. The molecule has 0 aliphatic rings. The SMILES string of the molecule is CC(C)Oc1ccc(-c2csc(NC(=O)C=Cc3ccc(Cl)c(Cl)c3)n2)cc1. The molecule has 1 heterocycles. The third-order valence-corrected chi connectivity index (χ3v) is 5.12. The lowest BCUT2D eigenvalue weighted by Crippen LogP contribution is -2.07. The maximum absolute atomic E-state index is 12.1. The van der Waals surface area contributed by atoms with Crippen molar-refractivity contribution in [1.29, 1.82) is 0 Å². The van der Waals surface area contributed by atoms with Gasteiger partial charge in [-0.1, -0.05) is 29.3 Å². The molecule has 1 N–H and O–H groups in total. The van der Waals surface area contributed by atoms with Gasteiger partial charge in [0.15, 0.2) is 5.13 Å². The van der Waals surface area contributed by atoms with Crippen molar-refractivity contribution in [2.75, 3.05) is 5.32 Å². The predicted octanol–water partition coefficient (Wildman–Crippen LogP) is 6.56. The molecular formula is C21H18Cl2N2O2S. The highest BCUT2D eigenvalue weighted by Crippen LogP contribution is 2.27. The van der Waals surface area contributed by atoms with E-state index < -0.39 is 0 Å². The Morgan fingerprint density at radius 2 is 1.89 bits per heavy atom. The Labute approximate surface area is 177 Å². The molecule has 0 radical (unpaired) electrons. The van der Waals surface area contributed by atoms with Gasteiger partial charge in [-0.15, -0.1) is 11.3 Å². The second-order valence-electron chi connectivity index (χ2n) is 6.23. The molecule has 0 aliphatic heterocycles. The van der Waals surface area contributed by atoms with E-state index in [0.717, 1.165) is 22.6 Å². The minimum absolute atomic E-state index is 0.129. The molecule has 0 aliphatic carbocycles. The van der Waals surface area contributed by atoms with E-state index in [4.69, 9.17) is 27.9 Å². The average molecular weight is 433 g/mol. The number of hydrogen-bond acceptors (Lipinski definition) is 4. The molecule has 3 aromatic rings. The molecule has 0 fully saturated rings. The van der Waals surface area contributed by atoms with Gasteiger partial charge in [0.25, 0.3) is 0 Å². The topological polar surface area (TPSA) is 51.2 Å². The van der Waals surface area contributed by atoms with E-state index in [-0.39, 0.29) is 12.0 Å². The molecule has 0 saturated carbocycles. The van der Waals surface area contributed by atoms with E-state index in [1.54, 1.807) is 24.3 Å². The maximum atomic E-state index is 12.1. The summed E-state index contributed by atoms with van der Waals surface area (Å²) in [5.41, 5.74) is 2.54. The Kier molecular flexibility index (Phi) is 6.73. The van der Waals surface area contributed by atoms with Crippen molar-refractivity contribution in [2.24, 2.45) is 0 Å². The molecule has 0 unspecified atom stereocenters. The molecule has 0 spiro atoms. The molecule has 0 saturated heterocycles. The number of amides is 1. The summed E-state index contributed by atoms with van der Waals surface area (Å²) < 4.78 is 5.64. The standard InChI is InChI=1S/C21H18Cl2N2O2S/c1-13(2)27-16-7-5-15(6-8-16)19-12-28-21(24-19)25-20(26)10-4-14-3-9-17(22)18(23)11-14/h3-13H,1-2H3,(H,24,25,26). The Hall–Kier alpha value is -2.34. The van der Waals surface area contributed by atoms with E-state index in [2.05, 4.69) is 10.3 Å². The van der Waals surface area contributed by atoms with Gasteiger partial charge in [0.1, 0.15) is 5.75 Å². The van der Waals surface area contributed by atoms with Gasteiger partial charge >= 0.3 is 0 Å². The Bertz CT molecular complexity index is 998. The molecule has 2 aromatic carbocycles. The van der Waals surface area contributed by atoms with Gasteiger partial charge in [-0.2, -0.15) is 0 Å². The van der Waals surface area contributed by atoms with E-state index in [1.165, 1.54) is 17.4 Å². The number of carbonyl (C=O) groups is 1. The lowest BCUT2D eigenvalue weighted by Gasteiger charge is -2.09. The lowest BCUT2D eigenvalue weighted by molar-refractivity contribution is -0.111. The number of carbonyl (C=O) groups excluding carboxylic acids is 1. The van der Waals surface area contributed by atoms with Gasteiger partial charge in [0, 0.05) is 17.0 Å². The highest BCUT2D eigenvalue weighted by molar-refractivity contribution is 7.14. The Morgan fingerprint density at radius 1 is 1.14 bits per heavy atom. The van der Waals surface area contributed by atoms with Gasteiger partial charge in [-0.05, 0) is 61.9 Å². The number of hydrogen-bond donors (Lipinski definition) is 1. The van der Waals surface area contributed by atoms with Gasteiger partial charge < -0.3 is 4.74 Å². The normalized spacial score (nSPS) is 11.2. The smallest absolute Gasteiger partial charge is 0.250 e. The quantitative estimate of drug-likeness (QED) is 0.448. The molecule has 3 rings (SSSR count). The summed E-state index contributed by atoms with van der Waals surface area (Å²) >= 11 is 13.2. The molecular weight excluding hydrogens is 415 g/mol. The van der Waals surface area contributed by atoms with Gasteiger partial charge in [-0.3, -0.25) is 10.1 Å². The zero-order valence-corrected chi connectivity index (χ0v) is 17.6. The van der Waals surface area contributed by atoms with Crippen molar-refractivity contribution in [3.05, 3.63) is 69.5 Å². The molecule has 28 heavy (non-hydrogen) atoms. The first kappa shape index (κ1) is 20.4. The van der Waals surface area contributed by atoms with Crippen LogP contribution in [0.2, 0.25) is 10.0 Å². The average Bonchev–Trinajstić information content (AvgIpc) is 3.11. The molecule has 144 valence electrons. The minimum Gasteiger partial charge on any atom is -0.491 e. The first-order chi connectivity index (χ1) is 13.4. The number of anilines is 1. The number of ether oxygens (including phenoxy) is 1. The number of thiazole rings is 1. The first-order valence-electron chi connectivity index (χ1n) is 8.57. The zero-order chi connectivity index (χ0) is 20.1. The van der Waals surface area contributed by atoms with Gasteiger partial charge in [0.2, 0.25) is 5.91 Å². The molecule has 4 nitrogen and oxygen atoms in total. The van der Waals surface area contributed by atoms with Crippen molar-refractivity contribution >= 4 is 51.7 Å². The first-order valence-corrected chi connectivity index (χ1v) is 10.2. The maximum Gasteiger partial charge on any atom is 0.250 e. The molecule has 1 aromatic heterocycles. The van der Waals surface area contributed by atoms with Crippen LogP contribution in [0, 0.1) is 0 Å². The molecule has 0 atom stereocenters. The number of aromatic nitrogens is 1. The van der Waals surface area contributed by atoms with E-state index in [0.29, 0.717) is 15.2 Å². The van der Waals surface area contributed by atoms with Crippen LogP contribution < -0.4 is 10.1 Å². The van der Waals surface area contributed by atoms with E-state index in [1.807, 2.05) is 43.5 Å². The molecule has 0 bridgehead atoms. The largest absolute Gasteiger partial charge is 0.491 e. The number of nitrogens with zero attached hydrogens (tertiary/aromatic N) is 1. The van der Waals surface area contributed by atoms with Crippen LogP contribution in [0.25, 0.3) is 17.3 Å². The van der Waals surface area contributed by atoms with Crippen molar-refractivity contribution in [1.82, 2.24) is 4.98 Å². The summed E-state index contributed by atoms with van der Waals surface area (Å²) in [6.07, 6.45) is 3.22. The van der Waals surface area contributed by atoms with Crippen molar-refractivity contribution < 1.29 is 9.53 Å². The number of nitrogens with one attached hydrogen (secondary N) is 1. The fourth-order valence-corrected chi connectivity index (χ4v) is 3.40. The fraction of sp³-hybridized carbons (Fsp3) is 0.143. The summed E-state index contributed by atoms with van der Waals surface area (Å²) in [4.78, 5) is 16.6. The van der Waals surface area contributed by atoms with Crippen molar-refractivity contribution in [3.8, 4) is 17.0 Å². The summed E-state index contributed by atoms with van der Waals surface area (Å²) in [6, 6.07) is 12.9. The third kappa shape index (κ3) is 5.58. The van der Waals surface area contributed by atoms with Crippen LogP contribution >= 0.6 is 34.5 Å². The van der Waals surface area contributed by atoms with Crippen LogP contribution in [0.15, 0.2) is 53.9 Å². The van der Waals surface area contributed by atoms with Crippen LogP contribution in [0.1, 0.15) is 19.4 Å². The summed E-state index contributed by atoms with van der Waals surface area (Å²) in [6.45, 7) is 3.97. The van der Waals surface area contributed by atoms with E-state index in [9.17, 15) is 4.79 Å². The van der Waals surface area contributed by atoms with Gasteiger partial charge in [0.05, 0.1) is 21.8 Å². The number of halogens is 2. The monoisotopic (exact) mass is 432 g/mol. The summed E-state index contributed by atoms with van der Waals surface area (Å²) in [7, 11) is 0. The second-order valence-corrected chi connectivity index (χ2v) is 7.90. The van der Waals surface area contributed by atoms with Crippen LogP contribution in [0.5, 0.6) is 5.75 Å². The minimum atomic E-state index is -0.271. The number of benzene rings is 2. The second kappa shape index (κ2) is 9.24. The molecule has 1 amide bonds. The van der Waals surface area contributed by atoms with Crippen LogP contribution in [-0.2, 0) is 4.79 Å². The Balaban J connectivity index is 1.62. The fourth-order valence-electron chi connectivity index (χ4n) is 2.38. The van der Waals surface area contributed by atoms with Gasteiger partial charge in [-0.25, -0.2) is 4.98 Å². The van der Waals surface area contributed by atoms with Crippen LogP contribution in [-0.4, -0.2) is 17.0 Å². The predicted molar refractivity (Wildman–Crippen MR) is 117 cm³/mol. The van der Waals surface area contributed by atoms with Crippen molar-refractivity contribution in [3.63, 3.8) is 0 Å². The third-order valence-electron chi connectivity index (χ3n) is 3.63.